The number of halogens is 2. The molecule has 6 heteroatoms. The summed E-state index contributed by atoms with van der Waals surface area (Å²) >= 11 is 12.0. The summed E-state index contributed by atoms with van der Waals surface area (Å²) in [6.07, 6.45) is 7.11. The molecule has 111 valence electrons. The van der Waals surface area contributed by atoms with Crippen molar-refractivity contribution in [1.29, 1.82) is 0 Å². The van der Waals surface area contributed by atoms with E-state index in [0.717, 1.165) is 5.56 Å². The third kappa shape index (κ3) is 3.45. The zero-order valence-corrected chi connectivity index (χ0v) is 12.9. The number of hydrogen-bond donors (Lipinski definition) is 1. The zero-order chi connectivity index (χ0) is 15.5. The third-order valence-corrected chi connectivity index (χ3v) is 3.66. The number of nitrogens with one attached hydrogen (secondary N) is 1. The van der Waals surface area contributed by atoms with E-state index in [1.807, 2.05) is 12.8 Å². The second-order valence-electron chi connectivity index (χ2n) is 4.66. The minimum absolute atomic E-state index is 0.160. The number of amides is 1. The van der Waals surface area contributed by atoms with Gasteiger partial charge in [0.1, 0.15) is 5.69 Å². The largest absolute Gasteiger partial charge is 0.359 e. The van der Waals surface area contributed by atoms with Gasteiger partial charge in [-0.3, -0.25) is 4.79 Å². The molecule has 22 heavy (non-hydrogen) atoms. The van der Waals surface area contributed by atoms with E-state index in [2.05, 4.69) is 10.5 Å². The van der Waals surface area contributed by atoms with Crippen LogP contribution >= 0.6 is 23.2 Å². The quantitative estimate of drug-likeness (QED) is 0.928. The Bertz CT molecular complexity index is 679. The van der Waals surface area contributed by atoms with Crippen LogP contribution in [-0.2, 0) is 11.3 Å². The van der Waals surface area contributed by atoms with Crippen molar-refractivity contribution in [2.45, 2.75) is 6.54 Å². The zero-order valence-electron chi connectivity index (χ0n) is 11.3. The van der Waals surface area contributed by atoms with Gasteiger partial charge < -0.3 is 9.84 Å². The van der Waals surface area contributed by atoms with Gasteiger partial charge in [0, 0.05) is 16.7 Å². The smallest absolute Gasteiger partial charge is 0.228 e. The SMILES string of the molecule is O=C(NCc1cc(-c2ccc(Cl)cc2Cl)no1)[C]1[CH][CH][CH][CH]1. The van der Waals surface area contributed by atoms with Crippen LogP contribution in [0.25, 0.3) is 11.3 Å². The number of aromatic nitrogens is 1. The molecule has 1 aliphatic carbocycles. The number of benzene rings is 1. The van der Waals surface area contributed by atoms with Gasteiger partial charge >= 0.3 is 0 Å². The molecule has 0 bridgehead atoms. The second-order valence-corrected chi connectivity index (χ2v) is 5.50. The molecule has 1 amide bonds. The molecule has 1 aromatic carbocycles. The van der Waals surface area contributed by atoms with Gasteiger partial charge in [-0.05, 0) is 43.9 Å². The molecule has 1 heterocycles. The first-order valence-corrected chi connectivity index (χ1v) is 7.30. The van der Waals surface area contributed by atoms with Gasteiger partial charge in [-0.1, -0.05) is 28.4 Å². The average Bonchev–Trinajstić information content (AvgIpc) is 3.16. The van der Waals surface area contributed by atoms with Gasteiger partial charge in [0.15, 0.2) is 5.76 Å². The molecule has 5 radical (unpaired) electrons. The van der Waals surface area contributed by atoms with Gasteiger partial charge in [0.2, 0.25) is 5.91 Å². The molecule has 1 saturated carbocycles. The highest BCUT2D eigenvalue weighted by molar-refractivity contribution is 6.36. The predicted octanol–water partition coefficient (Wildman–Crippen LogP) is 3.67. The van der Waals surface area contributed by atoms with Crippen molar-refractivity contribution in [3.63, 3.8) is 0 Å². The molecule has 1 aromatic heterocycles. The molecule has 1 fully saturated rings. The highest BCUT2D eigenvalue weighted by Gasteiger charge is 2.24. The van der Waals surface area contributed by atoms with Crippen molar-refractivity contribution in [2.75, 3.05) is 0 Å². The Hall–Kier alpha value is -1.52. The van der Waals surface area contributed by atoms with E-state index in [1.165, 1.54) is 0 Å². The summed E-state index contributed by atoms with van der Waals surface area (Å²) in [6, 6.07) is 6.88. The summed E-state index contributed by atoms with van der Waals surface area (Å²) in [7, 11) is 0. The van der Waals surface area contributed by atoms with E-state index >= 15 is 0 Å². The van der Waals surface area contributed by atoms with Crippen molar-refractivity contribution in [3.8, 4) is 11.3 Å². The number of nitrogens with zero attached hydrogens (tertiary/aromatic N) is 1. The molecule has 1 aliphatic rings. The molecule has 0 aliphatic heterocycles. The van der Waals surface area contributed by atoms with Crippen LogP contribution < -0.4 is 5.32 Å². The van der Waals surface area contributed by atoms with Crippen LogP contribution in [-0.4, -0.2) is 11.1 Å². The minimum Gasteiger partial charge on any atom is -0.359 e. The Morgan fingerprint density at radius 1 is 1.18 bits per heavy atom. The van der Waals surface area contributed by atoms with Crippen LogP contribution in [0.15, 0.2) is 28.8 Å². The molecular formula is C16H11Cl2N2O2. The van der Waals surface area contributed by atoms with Gasteiger partial charge in [-0.2, -0.15) is 0 Å². The normalized spacial score (nSPS) is 15.2. The van der Waals surface area contributed by atoms with Crippen LogP contribution in [0.2, 0.25) is 10.0 Å². The van der Waals surface area contributed by atoms with E-state index < -0.39 is 0 Å². The van der Waals surface area contributed by atoms with E-state index in [4.69, 9.17) is 27.7 Å². The van der Waals surface area contributed by atoms with Gasteiger partial charge in [0.05, 0.1) is 17.5 Å². The maximum atomic E-state index is 11.8. The molecule has 1 N–H and O–H groups in total. The van der Waals surface area contributed by atoms with E-state index in [0.29, 0.717) is 27.4 Å². The standard InChI is InChI=1S/C16H11Cl2N2O2/c17-11-5-6-13(14(18)7-11)15-8-12(22-20-15)9-19-16(21)10-3-1-2-4-10/h1-8H,9H2,(H,19,21). The van der Waals surface area contributed by atoms with E-state index in [9.17, 15) is 4.79 Å². The summed E-state index contributed by atoms with van der Waals surface area (Å²) in [5.74, 6) is 0.994. The molecule has 0 atom stereocenters. The number of hydrogen-bond acceptors (Lipinski definition) is 3. The summed E-state index contributed by atoms with van der Waals surface area (Å²) in [4.78, 5) is 11.8. The third-order valence-electron chi connectivity index (χ3n) is 3.11. The summed E-state index contributed by atoms with van der Waals surface area (Å²) in [5, 5.41) is 7.78. The molecule has 0 spiro atoms. The Morgan fingerprint density at radius 2 is 1.95 bits per heavy atom. The fourth-order valence-electron chi connectivity index (χ4n) is 2.02. The number of rotatable bonds is 4. The summed E-state index contributed by atoms with van der Waals surface area (Å²) < 4.78 is 5.22. The second kappa shape index (κ2) is 6.71. The maximum absolute atomic E-state index is 11.8. The van der Waals surface area contributed by atoms with Crippen molar-refractivity contribution < 1.29 is 9.32 Å². The lowest BCUT2D eigenvalue weighted by Gasteiger charge is -2.06. The van der Waals surface area contributed by atoms with Crippen LogP contribution in [0.3, 0.4) is 0 Å². The summed E-state index contributed by atoms with van der Waals surface area (Å²) in [5.41, 5.74) is 1.32. The maximum Gasteiger partial charge on any atom is 0.228 e. The van der Waals surface area contributed by atoms with Crippen LogP contribution in [0.5, 0.6) is 0 Å². The lowest BCUT2D eigenvalue weighted by Crippen LogP contribution is -2.27. The molecule has 3 rings (SSSR count). The molecule has 4 nitrogen and oxygen atoms in total. The predicted molar refractivity (Wildman–Crippen MR) is 84.2 cm³/mol. The Labute approximate surface area is 138 Å². The highest BCUT2D eigenvalue weighted by atomic mass is 35.5. The van der Waals surface area contributed by atoms with Gasteiger partial charge in [0.25, 0.3) is 0 Å². The molecule has 2 aromatic rings. The van der Waals surface area contributed by atoms with Crippen molar-refractivity contribution >= 4 is 29.1 Å². The van der Waals surface area contributed by atoms with Crippen molar-refractivity contribution in [1.82, 2.24) is 10.5 Å². The Morgan fingerprint density at radius 3 is 2.68 bits per heavy atom. The minimum atomic E-state index is -0.160. The van der Waals surface area contributed by atoms with Crippen LogP contribution in [0, 0.1) is 31.6 Å². The fourth-order valence-corrected chi connectivity index (χ4v) is 2.52. The lowest BCUT2D eigenvalue weighted by molar-refractivity contribution is -0.118. The Balaban J connectivity index is 1.64. The molecule has 0 unspecified atom stereocenters. The van der Waals surface area contributed by atoms with Crippen LogP contribution in [0.1, 0.15) is 5.76 Å². The summed E-state index contributed by atoms with van der Waals surface area (Å²) in [6.45, 7) is 0.252. The molecular weight excluding hydrogens is 323 g/mol. The first kappa shape index (κ1) is 15.4. The number of carbonyl (C=O) groups is 1. The van der Waals surface area contributed by atoms with Gasteiger partial charge in [-0.25, -0.2) is 0 Å². The number of carbonyl (C=O) groups excluding carboxylic acids is 1. The lowest BCUT2D eigenvalue weighted by atomic mass is 10.1. The first-order chi connectivity index (χ1) is 10.6. The van der Waals surface area contributed by atoms with Crippen molar-refractivity contribution in [3.05, 3.63) is 71.7 Å². The van der Waals surface area contributed by atoms with Crippen LogP contribution in [0.4, 0.5) is 0 Å². The monoisotopic (exact) mass is 333 g/mol. The first-order valence-electron chi connectivity index (χ1n) is 6.54. The van der Waals surface area contributed by atoms with E-state index in [-0.39, 0.29) is 12.5 Å². The average molecular weight is 334 g/mol. The van der Waals surface area contributed by atoms with Gasteiger partial charge in [-0.15, -0.1) is 0 Å². The fraction of sp³-hybridized carbons (Fsp3) is 0.0625. The molecule has 0 saturated heterocycles. The van der Waals surface area contributed by atoms with Crippen molar-refractivity contribution in [2.24, 2.45) is 0 Å². The Kier molecular flexibility index (Phi) is 4.69. The highest BCUT2D eigenvalue weighted by Crippen LogP contribution is 2.30. The topological polar surface area (TPSA) is 55.1 Å². The van der Waals surface area contributed by atoms with E-state index in [1.54, 1.807) is 37.1 Å².